The van der Waals surface area contributed by atoms with Crippen molar-refractivity contribution in [2.45, 2.75) is 12.1 Å². The van der Waals surface area contributed by atoms with Crippen LogP contribution in [0.15, 0.2) is 101 Å². The van der Waals surface area contributed by atoms with Gasteiger partial charge in [-0.3, -0.25) is 14.2 Å². The molecule has 0 spiro atoms. The second kappa shape index (κ2) is 9.02. The van der Waals surface area contributed by atoms with Gasteiger partial charge in [-0.1, -0.05) is 84.1 Å². The van der Waals surface area contributed by atoms with Gasteiger partial charge in [0.05, 0.1) is 11.4 Å². The molecule has 6 nitrogen and oxygen atoms in total. The van der Waals surface area contributed by atoms with Crippen LogP contribution in [0.25, 0.3) is 38.4 Å². The number of rotatable bonds is 5. The molecule has 2 aromatic heterocycles. The number of aromatic amines is 1. The van der Waals surface area contributed by atoms with Gasteiger partial charge in [-0.15, -0.1) is 0 Å². The zero-order valence-electron chi connectivity index (χ0n) is 19.5. The molecule has 4 aromatic carbocycles. The van der Waals surface area contributed by atoms with E-state index in [-0.39, 0.29) is 17.2 Å². The molecular weight excluding hydrogens is 468 g/mol. The highest BCUT2D eigenvalue weighted by Gasteiger charge is 2.18. The first kappa shape index (κ1) is 22.1. The fraction of sp³-hybridized carbons (Fsp3) is 0.0690. The summed E-state index contributed by atoms with van der Waals surface area (Å²) in [6.07, 6.45) is 0. The van der Waals surface area contributed by atoms with Crippen molar-refractivity contribution < 1.29 is 4.79 Å². The van der Waals surface area contributed by atoms with Crippen LogP contribution in [0.5, 0.6) is 0 Å². The van der Waals surface area contributed by atoms with E-state index in [0.29, 0.717) is 21.9 Å². The van der Waals surface area contributed by atoms with E-state index in [2.05, 4.69) is 10.3 Å². The van der Waals surface area contributed by atoms with Gasteiger partial charge in [-0.25, -0.2) is 4.98 Å². The van der Waals surface area contributed by atoms with Crippen LogP contribution in [0.3, 0.4) is 0 Å². The van der Waals surface area contributed by atoms with Gasteiger partial charge < -0.3 is 10.3 Å². The Morgan fingerprint density at radius 2 is 1.64 bits per heavy atom. The summed E-state index contributed by atoms with van der Waals surface area (Å²) in [5.74, 6) is -0.0601. The Bertz CT molecular complexity index is 1810. The Hall–Kier alpha value is -4.36. The van der Waals surface area contributed by atoms with E-state index in [0.717, 1.165) is 32.9 Å². The molecule has 6 aromatic rings. The van der Waals surface area contributed by atoms with E-state index in [4.69, 9.17) is 4.98 Å². The number of anilines is 1. The molecule has 0 fully saturated rings. The van der Waals surface area contributed by atoms with E-state index < -0.39 is 0 Å². The normalized spacial score (nSPS) is 11.4. The zero-order chi connectivity index (χ0) is 24.6. The second-order valence-corrected chi connectivity index (χ2v) is 9.57. The average Bonchev–Trinajstić information content (AvgIpc) is 3.28. The van der Waals surface area contributed by atoms with Crippen molar-refractivity contribution in [3.05, 3.63) is 107 Å². The number of fused-ring (bicyclic) bond motifs is 4. The molecule has 0 atom stereocenters. The number of nitrogens with zero attached hydrogens (tertiary/aromatic N) is 2. The van der Waals surface area contributed by atoms with Crippen molar-refractivity contribution in [3.8, 4) is 5.69 Å². The number of hydrogen-bond donors (Lipinski definition) is 2. The summed E-state index contributed by atoms with van der Waals surface area (Å²) in [4.78, 5) is 34.7. The first-order chi connectivity index (χ1) is 17.6. The Morgan fingerprint density at radius 1 is 0.917 bits per heavy atom. The molecule has 0 aliphatic heterocycles. The first-order valence-corrected chi connectivity index (χ1v) is 12.6. The lowest BCUT2D eigenvalue weighted by atomic mass is 10.1. The number of amides is 1. The van der Waals surface area contributed by atoms with Crippen LogP contribution < -0.4 is 10.9 Å². The lowest BCUT2D eigenvalue weighted by Crippen LogP contribution is -2.23. The minimum atomic E-state index is -0.197. The third kappa shape index (κ3) is 3.93. The predicted molar refractivity (Wildman–Crippen MR) is 147 cm³/mol. The third-order valence-electron chi connectivity index (χ3n) is 6.18. The summed E-state index contributed by atoms with van der Waals surface area (Å²) in [6.45, 7) is 2.00. The van der Waals surface area contributed by atoms with E-state index in [9.17, 15) is 9.59 Å². The molecule has 2 N–H and O–H groups in total. The molecule has 6 rings (SSSR count). The van der Waals surface area contributed by atoms with Crippen LogP contribution in [-0.4, -0.2) is 26.2 Å². The highest BCUT2D eigenvalue weighted by Crippen LogP contribution is 2.27. The molecular formula is C29H22N4O2S. The maximum Gasteiger partial charge on any atom is 0.283 e. The highest BCUT2D eigenvalue weighted by molar-refractivity contribution is 7.99. The summed E-state index contributed by atoms with van der Waals surface area (Å²) in [5, 5.41) is 6.40. The summed E-state index contributed by atoms with van der Waals surface area (Å²) >= 11 is 1.25. The molecule has 2 heterocycles. The third-order valence-corrected chi connectivity index (χ3v) is 7.12. The topological polar surface area (TPSA) is 79.8 Å². The van der Waals surface area contributed by atoms with Crippen LogP contribution >= 0.6 is 11.8 Å². The molecule has 0 aliphatic rings. The number of para-hydroxylation sites is 1. The van der Waals surface area contributed by atoms with Crippen molar-refractivity contribution >= 4 is 56.1 Å². The number of nitrogens with one attached hydrogen (secondary N) is 2. The van der Waals surface area contributed by atoms with E-state index in [1.165, 1.54) is 11.8 Å². The number of aromatic nitrogens is 3. The SMILES string of the molecule is Cc1ccc(-n2c(SCC(=O)Nc3cccc4ccccc34)nc3c([nH]c4ccccc43)c2=O)cc1. The van der Waals surface area contributed by atoms with Gasteiger partial charge >= 0.3 is 0 Å². The van der Waals surface area contributed by atoms with Crippen LogP contribution in [0.1, 0.15) is 5.56 Å². The minimum Gasteiger partial charge on any atom is -0.349 e. The van der Waals surface area contributed by atoms with Gasteiger partial charge in [0.2, 0.25) is 5.91 Å². The number of benzene rings is 4. The molecule has 7 heteroatoms. The lowest BCUT2D eigenvalue weighted by molar-refractivity contribution is -0.113. The van der Waals surface area contributed by atoms with Crippen LogP contribution in [0, 0.1) is 6.92 Å². The van der Waals surface area contributed by atoms with E-state index >= 15 is 0 Å². The average molecular weight is 491 g/mol. The maximum atomic E-state index is 13.7. The molecule has 0 aliphatic carbocycles. The molecule has 0 saturated carbocycles. The minimum absolute atomic E-state index is 0.107. The van der Waals surface area contributed by atoms with E-state index in [1.54, 1.807) is 4.57 Å². The standard InChI is InChI=1S/C29H22N4O2S/c1-18-13-15-20(16-14-18)33-28(35)27-26(22-10-4-5-11-24(22)31-27)32-29(33)36-17-25(34)30-23-12-6-8-19-7-2-3-9-21(19)23/h2-16,31H,17H2,1H3,(H,30,34). The lowest BCUT2D eigenvalue weighted by Gasteiger charge is -2.13. The maximum absolute atomic E-state index is 13.7. The van der Waals surface area contributed by atoms with Gasteiger partial charge in [-0.2, -0.15) is 0 Å². The van der Waals surface area contributed by atoms with Crippen LogP contribution in [-0.2, 0) is 4.79 Å². The number of thioether (sulfide) groups is 1. The number of aryl methyl sites for hydroxylation is 1. The second-order valence-electron chi connectivity index (χ2n) is 8.63. The van der Waals surface area contributed by atoms with Crippen molar-refractivity contribution in [2.24, 2.45) is 0 Å². The molecule has 0 saturated heterocycles. The fourth-order valence-corrected chi connectivity index (χ4v) is 5.22. The molecule has 176 valence electrons. The van der Waals surface area contributed by atoms with Gasteiger partial charge in [0, 0.05) is 22.0 Å². The molecule has 0 radical (unpaired) electrons. The summed E-state index contributed by atoms with van der Waals surface area (Å²) in [6, 6.07) is 29.2. The van der Waals surface area contributed by atoms with Gasteiger partial charge in [0.25, 0.3) is 5.56 Å². The van der Waals surface area contributed by atoms with Crippen molar-refractivity contribution in [2.75, 3.05) is 11.1 Å². The van der Waals surface area contributed by atoms with E-state index in [1.807, 2.05) is 97.9 Å². The molecule has 0 unspecified atom stereocenters. The van der Waals surface area contributed by atoms with Gasteiger partial charge in [0.1, 0.15) is 11.0 Å². The highest BCUT2D eigenvalue weighted by atomic mass is 32.2. The van der Waals surface area contributed by atoms with Crippen LogP contribution in [0.2, 0.25) is 0 Å². The smallest absolute Gasteiger partial charge is 0.283 e. The van der Waals surface area contributed by atoms with Crippen molar-refractivity contribution in [1.82, 2.24) is 14.5 Å². The first-order valence-electron chi connectivity index (χ1n) is 11.6. The summed E-state index contributed by atoms with van der Waals surface area (Å²) in [5.41, 5.74) is 4.26. The van der Waals surface area contributed by atoms with Crippen LogP contribution in [0.4, 0.5) is 5.69 Å². The molecule has 36 heavy (non-hydrogen) atoms. The van der Waals surface area contributed by atoms with Gasteiger partial charge in [0.15, 0.2) is 5.16 Å². The van der Waals surface area contributed by atoms with Gasteiger partial charge in [-0.05, 0) is 36.6 Å². The van der Waals surface area contributed by atoms with Crippen molar-refractivity contribution in [3.63, 3.8) is 0 Å². The Labute approximate surface area is 211 Å². The quantitative estimate of drug-likeness (QED) is 0.227. The Morgan fingerprint density at radius 3 is 2.47 bits per heavy atom. The zero-order valence-corrected chi connectivity index (χ0v) is 20.3. The molecule has 0 bridgehead atoms. The fourth-order valence-electron chi connectivity index (χ4n) is 4.41. The predicted octanol–water partition coefficient (Wildman–Crippen LogP) is 6.06. The molecule has 1 amide bonds. The monoisotopic (exact) mass is 490 g/mol. The largest absolute Gasteiger partial charge is 0.349 e. The number of carbonyl (C=O) groups excluding carboxylic acids is 1. The summed E-state index contributed by atoms with van der Waals surface area (Å²) < 4.78 is 1.58. The van der Waals surface area contributed by atoms with Crippen molar-refractivity contribution in [1.29, 1.82) is 0 Å². The Balaban J connectivity index is 1.39. The number of H-pyrrole nitrogens is 1. The number of carbonyl (C=O) groups is 1. The Kier molecular flexibility index (Phi) is 5.54. The number of hydrogen-bond acceptors (Lipinski definition) is 4. The summed E-state index contributed by atoms with van der Waals surface area (Å²) in [7, 11) is 0.